The molecule has 0 saturated heterocycles. The van der Waals surface area contributed by atoms with E-state index in [2.05, 4.69) is 56.1 Å². The Morgan fingerprint density at radius 3 is 1.69 bits per heavy atom. The molecule has 1 aromatic rings. The van der Waals surface area contributed by atoms with Crippen molar-refractivity contribution < 1.29 is 0 Å². The smallest absolute Gasteiger partial charge is 0.0647 e. The first kappa shape index (κ1) is 10.9. The van der Waals surface area contributed by atoms with Gasteiger partial charge in [-0.05, 0) is 23.7 Å². The van der Waals surface area contributed by atoms with E-state index in [-0.39, 0.29) is 0 Å². The zero-order chi connectivity index (χ0) is 10.1. The Labute approximate surface area is 85.3 Å². The highest BCUT2D eigenvalue weighted by atomic mass is 32.3. The van der Waals surface area contributed by atoms with Crippen LogP contribution < -0.4 is 5.19 Å². The molecule has 0 fully saturated rings. The van der Waals surface area contributed by atoms with Crippen molar-refractivity contribution >= 4 is 24.0 Å². The van der Waals surface area contributed by atoms with Crippen LogP contribution in [0.2, 0.25) is 13.1 Å². The summed E-state index contributed by atoms with van der Waals surface area (Å²) in [5, 5.41) is 1.58. The fraction of sp³-hybridized carbons (Fsp3) is 0.455. The minimum Gasteiger partial charge on any atom is -0.223 e. The molecule has 0 heterocycles. The molecular formula is C11H20SSi. The third-order valence-corrected chi connectivity index (χ3v) is 5.66. The monoisotopic (exact) mass is 212 g/mol. The average Bonchev–Trinajstić information content (AvgIpc) is 2.03. The van der Waals surface area contributed by atoms with E-state index in [0.29, 0.717) is 0 Å². The van der Waals surface area contributed by atoms with Crippen molar-refractivity contribution in [3.05, 3.63) is 24.3 Å². The van der Waals surface area contributed by atoms with Gasteiger partial charge in [-0.2, -0.15) is 0 Å². The minimum atomic E-state index is -0.594. The van der Waals surface area contributed by atoms with Crippen LogP contribution in [0.1, 0.15) is 0 Å². The normalized spacial score (nSPS) is 13.4. The summed E-state index contributed by atoms with van der Waals surface area (Å²) in [6.45, 7) is 4.75. The van der Waals surface area contributed by atoms with Crippen molar-refractivity contribution in [1.82, 2.24) is 0 Å². The predicted molar refractivity (Wildman–Crippen MR) is 68.6 cm³/mol. The van der Waals surface area contributed by atoms with E-state index in [4.69, 9.17) is 0 Å². The van der Waals surface area contributed by atoms with Gasteiger partial charge in [0.15, 0.2) is 0 Å². The largest absolute Gasteiger partial charge is 0.223 e. The first-order valence-corrected chi connectivity index (χ1v) is 10.4. The fourth-order valence-electron chi connectivity index (χ4n) is 1.26. The van der Waals surface area contributed by atoms with Crippen LogP contribution in [-0.4, -0.2) is 27.6 Å². The molecule has 0 unspecified atom stereocenters. The lowest BCUT2D eigenvalue weighted by molar-refractivity contribution is 1.45. The van der Waals surface area contributed by atoms with Gasteiger partial charge in [0.05, 0.1) is 8.80 Å². The average molecular weight is 212 g/mol. The predicted octanol–water partition coefficient (Wildman–Crippen LogP) is 2.43. The molecule has 0 amide bonds. The standard InChI is InChI=1S/C11H20SSi/c1-12(2,3)10-6-8-11(9-7-10)13(4)5/h6-9,13H,1-5H3. The zero-order valence-corrected chi connectivity index (χ0v) is 11.3. The maximum atomic E-state index is 2.37. The van der Waals surface area contributed by atoms with Crippen molar-refractivity contribution in [3.63, 3.8) is 0 Å². The summed E-state index contributed by atoms with van der Waals surface area (Å²) in [6.07, 6.45) is 7.03. The fourth-order valence-corrected chi connectivity index (χ4v) is 3.18. The van der Waals surface area contributed by atoms with Crippen molar-refractivity contribution in [2.75, 3.05) is 18.8 Å². The summed E-state index contributed by atoms with van der Waals surface area (Å²) in [5.74, 6) is 0. The molecule has 1 aromatic carbocycles. The third-order valence-electron chi connectivity index (χ3n) is 2.25. The van der Waals surface area contributed by atoms with Gasteiger partial charge >= 0.3 is 0 Å². The molecule has 0 nitrogen and oxygen atoms in total. The van der Waals surface area contributed by atoms with E-state index >= 15 is 0 Å². The van der Waals surface area contributed by atoms with Gasteiger partial charge in [0.1, 0.15) is 0 Å². The van der Waals surface area contributed by atoms with E-state index in [9.17, 15) is 0 Å². The van der Waals surface area contributed by atoms with Gasteiger partial charge in [0.25, 0.3) is 0 Å². The van der Waals surface area contributed by atoms with E-state index in [1.54, 1.807) is 5.19 Å². The molecule has 0 radical (unpaired) electrons. The van der Waals surface area contributed by atoms with Gasteiger partial charge < -0.3 is 0 Å². The third kappa shape index (κ3) is 2.88. The first-order valence-electron chi connectivity index (χ1n) is 4.69. The van der Waals surface area contributed by atoms with Crippen LogP contribution in [0.25, 0.3) is 0 Å². The first-order chi connectivity index (χ1) is 5.91. The lowest BCUT2D eigenvalue weighted by atomic mass is 10.4. The molecule has 0 aliphatic rings. The number of hydrogen-bond acceptors (Lipinski definition) is 0. The SMILES string of the molecule is C[SiH](C)c1ccc(S(C)(C)C)cc1. The van der Waals surface area contributed by atoms with E-state index in [1.807, 2.05) is 0 Å². The highest BCUT2D eigenvalue weighted by Gasteiger charge is 2.07. The Morgan fingerprint density at radius 1 is 0.923 bits per heavy atom. The maximum absolute atomic E-state index is 2.37. The molecule has 0 atom stereocenters. The Balaban J connectivity index is 2.94. The van der Waals surface area contributed by atoms with Gasteiger partial charge in [-0.15, -0.1) is 0 Å². The van der Waals surface area contributed by atoms with Crippen molar-refractivity contribution in [3.8, 4) is 0 Å². The molecule has 0 N–H and O–H groups in total. The number of hydrogen-bond donors (Lipinski definition) is 0. The van der Waals surface area contributed by atoms with Gasteiger partial charge in [-0.3, -0.25) is 0 Å². The van der Waals surface area contributed by atoms with Crippen LogP contribution >= 0.6 is 10.0 Å². The molecule has 0 aliphatic heterocycles. The number of benzene rings is 1. The molecule has 74 valence electrons. The summed E-state index contributed by atoms with van der Waals surface area (Å²) in [7, 11) is -1.12. The minimum absolute atomic E-state index is 0.530. The second kappa shape index (κ2) is 3.89. The molecule has 0 aromatic heterocycles. The second-order valence-electron chi connectivity index (χ2n) is 4.56. The van der Waals surface area contributed by atoms with Crippen molar-refractivity contribution in [1.29, 1.82) is 0 Å². The van der Waals surface area contributed by atoms with Crippen molar-refractivity contribution in [2.24, 2.45) is 0 Å². The maximum Gasteiger partial charge on any atom is 0.0647 e. The van der Waals surface area contributed by atoms with Gasteiger partial charge in [0.2, 0.25) is 0 Å². The molecular weight excluding hydrogens is 192 g/mol. The van der Waals surface area contributed by atoms with Crippen LogP contribution in [-0.2, 0) is 0 Å². The molecule has 13 heavy (non-hydrogen) atoms. The quantitative estimate of drug-likeness (QED) is 0.661. The Kier molecular flexibility index (Phi) is 3.25. The Morgan fingerprint density at radius 2 is 1.38 bits per heavy atom. The number of rotatable bonds is 2. The second-order valence-corrected chi connectivity index (χ2v) is 11.7. The van der Waals surface area contributed by atoms with Gasteiger partial charge in [0, 0.05) is 0 Å². The van der Waals surface area contributed by atoms with Crippen LogP contribution in [0.3, 0.4) is 0 Å². The van der Waals surface area contributed by atoms with E-state index in [0.717, 1.165) is 0 Å². The van der Waals surface area contributed by atoms with E-state index in [1.165, 1.54) is 4.90 Å². The summed E-state index contributed by atoms with van der Waals surface area (Å²) in [6, 6.07) is 9.28. The highest BCUT2D eigenvalue weighted by Crippen LogP contribution is 2.44. The van der Waals surface area contributed by atoms with Crippen LogP contribution in [0.4, 0.5) is 0 Å². The molecule has 0 spiro atoms. The molecule has 0 saturated carbocycles. The zero-order valence-electron chi connectivity index (χ0n) is 9.29. The van der Waals surface area contributed by atoms with Gasteiger partial charge in [-0.1, -0.05) is 42.5 Å². The summed E-state index contributed by atoms with van der Waals surface area (Å²) in [5.41, 5.74) is 0. The van der Waals surface area contributed by atoms with E-state index < -0.39 is 18.8 Å². The Hall–Kier alpha value is -0.213. The summed E-state index contributed by atoms with van der Waals surface area (Å²) in [4.78, 5) is 1.52. The molecule has 1 rings (SSSR count). The molecule has 0 bridgehead atoms. The van der Waals surface area contributed by atoms with Crippen molar-refractivity contribution in [2.45, 2.75) is 18.0 Å². The van der Waals surface area contributed by atoms with Crippen LogP contribution in [0, 0.1) is 0 Å². The summed E-state index contributed by atoms with van der Waals surface area (Å²) >= 11 is 0. The van der Waals surface area contributed by atoms with Crippen LogP contribution in [0.5, 0.6) is 0 Å². The summed E-state index contributed by atoms with van der Waals surface area (Å²) < 4.78 is 0. The highest BCUT2D eigenvalue weighted by molar-refractivity contribution is 8.32. The van der Waals surface area contributed by atoms with Gasteiger partial charge in [-0.25, -0.2) is 10.0 Å². The van der Waals surface area contributed by atoms with Crippen LogP contribution in [0.15, 0.2) is 29.2 Å². The molecule has 0 aliphatic carbocycles. The lowest BCUT2D eigenvalue weighted by Crippen LogP contribution is -2.21. The molecule has 2 heteroatoms. The lowest BCUT2D eigenvalue weighted by Gasteiger charge is -2.26. The Bertz CT molecular complexity index is 269. The topological polar surface area (TPSA) is 0 Å².